The van der Waals surface area contributed by atoms with Crippen molar-refractivity contribution in [2.75, 3.05) is 13.7 Å². The number of halogens is 4. The molecule has 2 fully saturated rings. The van der Waals surface area contributed by atoms with Gasteiger partial charge in [-0.1, -0.05) is 96.2 Å². The number of benzene rings is 3. The number of likely N-dealkylation sites (tertiary alicyclic amines) is 1. The topological polar surface area (TPSA) is 117 Å². The summed E-state index contributed by atoms with van der Waals surface area (Å²) < 4.78 is 37.2. The molecule has 2 amide bonds. The van der Waals surface area contributed by atoms with Gasteiger partial charge in [0.05, 0.1) is 38.1 Å². The number of methoxy groups -OCH3 is 1. The molecule has 3 aromatic carbocycles. The number of carbonyl (C=O) groups excluding carboxylic acids is 3. The number of amides is 2. The van der Waals surface area contributed by atoms with E-state index in [-0.39, 0.29) is 24.8 Å². The fourth-order valence-corrected chi connectivity index (χ4v) is 7.56. The van der Waals surface area contributed by atoms with Gasteiger partial charge in [-0.25, -0.2) is 9.59 Å². The van der Waals surface area contributed by atoms with Gasteiger partial charge in [0, 0.05) is 17.2 Å². The summed E-state index contributed by atoms with van der Waals surface area (Å²) in [5.41, 5.74) is 1.37. The number of hydrogen-bond donors (Lipinski definition) is 1. The molecule has 4 atom stereocenters. The van der Waals surface area contributed by atoms with Crippen molar-refractivity contribution in [3.63, 3.8) is 0 Å². The van der Waals surface area contributed by atoms with Crippen molar-refractivity contribution in [3.8, 4) is 0 Å². The second-order valence-electron chi connectivity index (χ2n) is 11.1. The summed E-state index contributed by atoms with van der Waals surface area (Å²) in [6.45, 7) is 0.496. The van der Waals surface area contributed by atoms with Crippen LogP contribution in [0.3, 0.4) is 0 Å². The maximum atomic E-state index is 14.2. The van der Waals surface area contributed by atoms with Gasteiger partial charge in [0.25, 0.3) is 0 Å². The van der Waals surface area contributed by atoms with Crippen molar-refractivity contribution >= 4 is 52.3 Å². The lowest BCUT2D eigenvalue weighted by atomic mass is 9.76. The lowest BCUT2D eigenvalue weighted by molar-refractivity contribution is -0.192. The van der Waals surface area contributed by atoms with Crippen LogP contribution in [-0.2, 0) is 42.6 Å². The first-order valence-electron chi connectivity index (χ1n) is 14.4. The van der Waals surface area contributed by atoms with Crippen molar-refractivity contribution in [2.45, 2.75) is 36.5 Å². The van der Waals surface area contributed by atoms with Crippen molar-refractivity contribution < 1.29 is 42.2 Å². The van der Waals surface area contributed by atoms with E-state index in [9.17, 15) is 27.6 Å². The number of rotatable bonds is 7. The molecule has 9 nitrogen and oxygen atoms in total. The fraction of sp³-hybridized carbons (Fsp3) is 0.303. The SMILES string of the molecule is COC(=O)[C@@]1(Cc2ccccc2)[C@H]2C(=O)N(Cc3ccccc3)C(=O)[C@H]2[C@H]2CN=C(SCc3ccc(Cl)cc3)N21.O=C(O)C(F)(F)F. The number of hydrogen-bond acceptors (Lipinski definition) is 8. The Balaban J connectivity index is 0.000000559. The van der Waals surface area contributed by atoms with Crippen LogP contribution in [0.1, 0.15) is 16.7 Å². The number of amidine groups is 1. The average molecular weight is 688 g/mol. The number of nitrogens with zero attached hydrogens (tertiary/aromatic N) is 3. The Morgan fingerprint density at radius 2 is 1.53 bits per heavy atom. The minimum atomic E-state index is -5.08. The zero-order valence-electron chi connectivity index (χ0n) is 24.9. The number of fused-ring (bicyclic) bond motifs is 3. The highest BCUT2D eigenvalue weighted by molar-refractivity contribution is 8.13. The number of ether oxygens (including phenoxy) is 1. The quantitative estimate of drug-likeness (QED) is 0.266. The van der Waals surface area contributed by atoms with E-state index in [4.69, 9.17) is 31.2 Å². The summed E-state index contributed by atoms with van der Waals surface area (Å²) in [5, 5.41) is 8.43. The number of thioether (sulfide) groups is 1. The third-order valence-electron chi connectivity index (χ3n) is 8.32. The number of aliphatic imine (C=N–C) groups is 1. The number of carboxylic acids is 1. The zero-order valence-corrected chi connectivity index (χ0v) is 26.5. The normalized spacial score (nSPS) is 23.1. The monoisotopic (exact) mass is 687 g/mol. The molecule has 0 radical (unpaired) electrons. The van der Waals surface area contributed by atoms with Gasteiger partial charge in [-0.05, 0) is 28.8 Å². The summed E-state index contributed by atoms with van der Waals surface area (Å²) in [4.78, 5) is 59.1. The molecular weight excluding hydrogens is 659 g/mol. The van der Waals surface area contributed by atoms with Crippen LogP contribution in [0.2, 0.25) is 5.02 Å². The summed E-state index contributed by atoms with van der Waals surface area (Å²) in [6, 6.07) is 26.2. The maximum Gasteiger partial charge on any atom is 0.490 e. The molecule has 0 unspecified atom stereocenters. The molecule has 47 heavy (non-hydrogen) atoms. The van der Waals surface area contributed by atoms with Gasteiger partial charge in [0.2, 0.25) is 11.8 Å². The minimum absolute atomic E-state index is 0.167. The first-order chi connectivity index (χ1) is 22.4. The van der Waals surface area contributed by atoms with Crippen molar-refractivity contribution in [1.82, 2.24) is 9.80 Å². The third kappa shape index (κ3) is 6.72. The van der Waals surface area contributed by atoms with E-state index in [0.717, 1.165) is 16.7 Å². The summed E-state index contributed by atoms with van der Waals surface area (Å²) in [6.07, 6.45) is -4.86. The van der Waals surface area contributed by atoms with Gasteiger partial charge >= 0.3 is 18.1 Å². The molecule has 2 saturated heterocycles. The van der Waals surface area contributed by atoms with Gasteiger partial charge in [-0.2, -0.15) is 13.2 Å². The number of carboxylic acid groups (broad SMARTS) is 1. The van der Waals surface area contributed by atoms with Gasteiger partial charge in [-0.15, -0.1) is 0 Å². The number of imide groups is 1. The Morgan fingerprint density at radius 3 is 2.09 bits per heavy atom. The van der Waals surface area contributed by atoms with E-state index in [1.807, 2.05) is 89.8 Å². The number of alkyl halides is 3. The van der Waals surface area contributed by atoms with E-state index in [2.05, 4.69) is 0 Å². The molecule has 0 spiro atoms. The second kappa shape index (κ2) is 13.8. The van der Waals surface area contributed by atoms with Crippen LogP contribution < -0.4 is 0 Å². The summed E-state index contributed by atoms with van der Waals surface area (Å²) in [7, 11) is 1.34. The zero-order chi connectivity index (χ0) is 33.9. The highest BCUT2D eigenvalue weighted by Gasteiger charge is 2.73. The molecule has 0 bridgehead atoms. The van der Waals surface area contributed by atoms with Gasteiger partial charge < -0.3 is 14.7 Å². The van der Waals surface area contributed by atoms with E-state index >= 15 is 0 Å². The molecule has 0 aromatic heterocycles. The molecule has 3 aliphatic heterocycles. The molecule has 1 N–H and O–H groups in total. The molecule has 14 heteroatoms. The van der Waals surface area contributed by atoms with E-state index < -0.39 is 41.5 Å². The lowest BCUT2D eigenvalue weighted by Gasteiger charge is -2.40. The van der Waals surface area contributed by atoms with E-state index in [0.29, 0.717) is 22.5 Å². The van der Waals surface area contributed by atoms with Crippen LogP contribution in [-0.4, -0.2) is 75.2 Å². The van der Waals surface area contributed by atoms with Gasteiger partial charge in [-0.3, -0.25) is 19.5 Å². The molecule has 6 rings (SSSR count). The van der Waals surface area contributed by atoms with Gasteiger partial charge in [0.15, 0.2) is 10.7 Å². The summed E-state index contributed by atoms with van der Waals surface area (Å²) in [5.74, 6) is -4.87. The minimum Gasteiger partial charge on any atom is -0.475 e. The highest BCUT2D eigenvalue weighted by atomic mass is 35.5. The molecule has 3 heterocycles. The van der Waals surface area contributed by atoms with Crippen LogP contribution in [0.25, 0.3) is 0 Å². The predicted octanol–water partition coefficient (Wildman–Crippen LogP) is 5.22. The average Bonchev–Trinajstić information content (AvgIpc) is 3.67. The van der Waals surface area contributed by atoms with Crippen molar-refractivity contribution in [3.05, 3.63) is 107 Å². The van der Waals surface area contributed by atoms with Crippen molar-refractivity contribution in [1.29, 1.82) is 0 Å². The molecule has 3 aromatic rings. The fourth-order valence-electron chi connectivity index (χ4n) is 6.34. The highest BCUT2D eigenvalue weighted by Crippen LogP contribution is 2.54. The maximum absolute atomic E-state index is 14.2. The van der Waals surface area contributed by atoms with Crippen LogP contribution in [0.4, 0.5) is 13.2 Å². The Morgan fingerprint density at radius 1 is 0.957 bits per heavy atom. The third-order valence-corrected chi connectivity index (χ3v) is 9.63. The van der Waals surface area contributed by atoms with Crippen LogP contribution in [0.15, 0.2) is 89.9 Å². The summed E-state index contributed by atoms with van der Waals surface area (Å²) >= 11 is 7.56. The largest absolute Gasteiger partial charge is 0.490 e. The smallest absolute Gasteiger partial charge is 0.475 e. The Labute approximate surface area is 277 Å². The van der Waals surface area contributed by atoms with E-state index in [1.54, 1.807) is 0 Å². The van der Waals surface area contributed by atoms with Crippen molar-refractivity contribution in [2.24, 2.45) is 16.8 Å². The molecule has 0 saturated carbocycles. The van der Waals surface area contributed by atoms with Crippen LogP contribution in [0, 0.1) is 11.8 Å². The Kier molecular flexibility index (Phi) is 9.97. The predicted molar refractivity (Wildman–Crippen MR) is 168 cm³/mol. The standard InChI is InChI=1S/C31H28ClN3O4S.C2HF3O2/c1-39-29(38)31(16-20-8-4-2-5-9-20)26-25(27(36)34(28(26)37)18-21-10-6-3-7-11-21)24-17-33-30(35(24)31)40-19-22-12-14-23(32)15-13-22;3-2(4,5)1(6)7/h2-15,24-26H,16-19H2,1H3;(H,6,7)/t24-,25+,26-,31-;/m1./s1. The van der Waals surface area contributed by atoms with Crippen LogP contribution in [0.5, 0.6) is 0 Å². The van der Waals surface area contributed by atoms with Crippen LogP contribution >= 0.6 is 23.4 Å². The first kappa shape index (κ1) is 34.0. The Hall–Kier alpha value is -4.36. The first-order valence-corrected chi connectivity index (χ1v) is 15.8. The Bertz CT molecular complexity index is 1680. The van der Waals surface area contributed by atoms with Gasteiger partial charge in [0.1, 0.15) is 0 Å². The molecule has 0 aliphatic carbocycles. The number of esters is 1. The molecule has 246 valence electrons. The number of carbonyl (C=O) groups is 4. The number of aliphatic carboxylic acids is 1. The van der Waals surface area contributed by atoms with E-state index in [1.165, 1.54) is 23.8 Å². The lowest BCUT2D eigenvalue weighted by Crippen LogP contribution is -2.61. The molecule has 3 aliphatic rings. The molecular formula is C33H29ClF3N3O6S. The second-order valence-corrected chi connectivity index (χ2v) is 12.5.